The molecule has 5 heteroatoms. The van der Waals surface area contributed by atoms with E-state index in [0.29, 0.717) is 21.5 Å². The van der Waals surface area contributed by atoms with Crippen molar-refractivity contribution in [3.8, 4) is 0 Å². The number of nitrogens with two attached hydrogens (primary N) is 1. The van der Waals surface area contributed by atoms with E-state index in [4.69, 9.17) is 17.3 Å². The van der Waals surface area contributed by atoms with Crippen molar-refractivity contribution in [1.29, 1.82) is 0 Å². The third-order valence-electron chi connectivity index (χ3n) is 2.82. The van der Waals surface area contributed by atoms with Crippen molar-refractivity contribution in [2.45, 2.75) is 12.5 Å². The van der Waals surface area contributed by atoms with Crippen LogP contribution < -0.4 is 5.73 Å². The third kappa shape index (κ3) is 3.53. The van der Waals surface area contributed by atoms with Crippen LogP contribution in [0.15, 0.2) is 40.9 Å². The lowest BCUT2D eigenvalue weighted by Crippen LogP contribution is -2.15. The topological polar surface area (TPSA) is 26.0 Å². The molecular formula is C14H11BrClF2N. The lowest BCUT2D eigenvalue weighted by Gasteiger charge is -2.14. The van der Waals surface area contributed by atoms with E-state index in [0.717, 1.165) is 5.56 Å². The van der Waals surface area contributed by atoms with Crippen LogP contribution >= 0.6 is 27.5 Å². The highest BCUT2D eigenvalue weighted by Gasteiger charge is 2.14. The average molecular weight is 347 g/mol. The van der Waals surface area contributed by atoms with Gasteiger partial charge in [-0.15, -0.1) is 0 Å². The molecule has 0 aromatic heterocycles. The van der Waals surface area contributed by atoms with Crippen molar-refractivity contribution < 1.29 is 8.78 Å². The van der Waals surface area contributed by atoms with E-state index < -0.39 is 6.04 Å². The largest absolute Gasteiger partial charge is 0.324 e. The standard InChI is InChI=1S/C14H11BrClF2N/c15-12-7-10(17)3-4-11(12)14(19)5-8-1-2-9(16)6-13(8)18/h1-4,6-7,14H,5,19H2. The molecule has 0 aliphatic heterocycles. The Morgan fingerprint density at radius 1 is 1.16 bits per heavy atom. The van der Waals surface area contributed by atoms with Gasteiger partial charge in [0.2, 0.25) is 0 Å². The zero-order chi connectivity index (χ0) is 14.0. The maximum Gasteiger partial charge on any atom is 0.127 e. The second-order valence-corrected chi connectivity index (χ2v) is 5.50. The van der Waals surface area contributed by atoms with Gasteiger partial charge in [0.15, 0.2) is 0 Å². The van der Waals surface area contributed by atoms with Crippen molar-refractivity contribution in [2.75, 3.05) is 0 Å². The van der Waals surface area contributed by atoms with Crippen molar-refractivity contribution in [3.05, 3.63) is 68.7 Å². The lowest BCUT2D eigenvalue weighted by molar-refractivity contribution is 0.591. The molecule has 2 N–H and O–H groups in total. The molecule has 2 aromatic rings. The van der Waals surface area contributed by atoms with E-state index >= 15 is 0 Å². The molecule has 1 nitrogen and oxygen atoms in total. The van der Waals surface area contributed by atoms with Gasteiger partial charge in [-0.1, -0.05) is 39.7 Å². The summed E-state index contributed by atoms with van der Waals surface area (Å²) in [5, 5.41) is 0.345. The first-order valence-electron chi connectivity index (χ1n) is 5.62. The maximum absolute atomic E-state index is 13.7. The molecule has 0 spiro atoms. The van der Waals surface area contributed by atoms with Crippen molar-refractivity contribution >= 4 is 27.5 Å². The van der Waals surface area contributed by atoms with Crippen LogP contribution in [0.3, 0.4) is 0 Å². The van der Waals surface area contributed by atoms with Crippen LogP contribution in [0.25, 0.3) is 0 Å². The van der Waals surface area contributed by atoms with Crippen molar-refractivity contribution in [3.63, 3.8) is 0 Å². The van der Waals surface area contributed by atoms with Crippen LogP contribution in [0, 0.1) is 11.6 Å². The molecule has 0 heterocycles. The Balaban J connectivity index is 2.23. The molecule has 1 atom stereocenters. The summed E-state index contributed by atoms with van der Waals surface area (Å²) in [5.41, 5.74) is 7.24. The Kier molecular flexibility index (Phi) is 4.55. The van der Waals surface area contributed by atoms with Gasteiger partial charge >= 0.3 is 0 Å². The molecule has 0 amide bonds. The third-order valence-corrected chi connectivity index (χ3v) is 3.74. The van der Waals surface area contributed by atoms with E-state index in [1.807, 2.05) is 0 Å². The fraction of sp³-hybridized carbons (Fsp3) is 0.143. The fourth-order valence-corrected chi connectivity index (χ4v) is 2.64. The maximum atomic E-state index is 13.7. The molecule has 0 fully saturated rings. The van der Waals surface area contributed by atoms with Crippen LogP contribution in [0.5, 0.6) is 0 Å². The summed E-state index contributed by atoms with van der Waals surface area (Å²) in [6.07, 6.45) is 0.313. The average Bonchev–Trinajstić information content (AvgIpc) is 2.32. The Morgan fingerprint density at radius 3 is 2.53 bits per heavy atom. The van der Waals surface area contributed by atoms with E-state index in [1.165, 1.54) is 18.2 Å². The minimum atomic E-state index is -0.425. The molecule has 2 rings (SSSR count). The second kappa shape index (κ2) is 5.99. The summed E-state index contributed by atoms with van der Waals surface area (Å²) in [7, 11) is 0. The minimum absolute atomic E-state index is 0.313. The van der Waals surface area contributed by atoms with Gasteiger partial charge in [0.1, 0.15) is 11.6 Å². The highest BCUT2D eigenvalue weighted by atomic mass is 79.9. The first-order chi connectivity index (χ1) is 8.97. The van der Waals surface area contributed by atoms with E-state index in [1.54, 1.807) is 18.2 Å². The Bertz CT molecular complexity index is 604. The lowest BCUT2D eigenvalue weighted by atomic mass is 9.99. The van der Waals surface area contributed by atoms with Gasteiger partial charge in [0, 0.05) is 15.5 Å². The minimum Gasteiger partial charge on any atom is -0.324 e. The summed E-state index contributed by atoms with van der Waals surface area (Å²) >= 11 is 8.95. The van der Waals surface area contributed by atoms with Crippen LogP contribution in [0.2, 0.25) is 5.02 Å². The Labute approximate surface area is 123 Å². The van der Waals surface area contributed by atoms with Crippen LogP contribution in [0.1, 0.15) is 17.2 Å². The van der Waals surface area contributed by atoms with Gasteiger partial charge < -0.3 is 5.73 Å². The molecule has 0 bridgehead atoms. The van der Waals surface area contributed by atoms with Gasteiger partial charge in [-0.3, -0.25) is 0 Å². The first-order valence-corrected chi connectivity index (χ1v) is 6.79. The van der Waals surface area contributed by atoms with E-state index in [9.17, 15) is 8.78 Å². The predicted octanol–water partition coefficient (Wildman–Crippen LogP) is 4.62. The number of halogens is 4. The summed E-state index contributed by atoms with van der Waals surface area (Å²) in [6, 6.07) is 8.32. The molecule has 0 radical (unpaired) electrons. The van der Waals surface area contributed by atoms with Crippen LogP contribution in [-0.2, 0) is 6.42 Å². The molecule has 100 valence electrons. The highest BCUT2D eigenvalue weighted by Crippen LogP contribution is 2.26. The van der Waals surface area contributed by atoms with Crippen molar-refractivity contribution in [1.82, 2.24) is 0 Å². The molecule has 19 heavy (non-hydrogen) atoms. The summed E-state index contributed by atoms with van der Waals surface area (Å²) in [6.45, 7) is 0. The number of hydrogen-bond acceptors (Lipinski definition) is 1. The Morgan fingerprint density at radius 2 is 1.89 bits per heavy atom. The molecular weight excluding hydrogens is 336 g/mol. The molecule has 0 aliphatic rings. The van der Waals surface area contributed by atoms with Crippen molar-refractivity contribution in [2.24, 2.45) is 5.73 Å². The SMILES string of the molecule is NC(Cc1ccc(Cl)cc1F)c1ccc(F)cc1Br. The Hall–Kier alpha value is -0.970. The van der Waals surface area contributed by atoms with Crippen LogP contribution in [-0.4, -0.2) is 0 Å². The highest BCUT2D eigenvalue weighted by molar-refractivity contribution is 9.10. The van der Waals surface area contributed by atoms with E-state index in [-0.39, 0.29) is 11.6 Å². The van der Waals surface area contributed by atoms with Crippen LogP contribution in [0.4, 0.5) is 8.78 Å². The van der Waals surface area contributed by atoms with Gasteiger partial charge in [0.25, 0.3) is 0 Å². The summed E-state index contributed by atoms with van der Waals surface area (Å²) in [4.78, 5) is 0. The van der Waals surface area contributed by atoms with E-state index in [2.05, 4.69) is 15.9 Å². The number of hydrogen-bond donors (Lipinski definition) is 1. The molecule has 1 unspecified atom stereocenters. The van der Waals surface area contributed by atoms with Gasteiger partial charge in [-0.2, -0.15) is 0 Å². The van der Waals surface area contributed by atoms with Gasteiger partial charge in [-0.25, -0.2) is 8.78 Å². The summed E-state index contributed by atoms with van der Waals surface area (Å²) < 4.78 is 27.3. The normalized spacial score (nSPS) is 12.5. The monoisotopic (exact) mass is 345 g/mol. The molecule has 0 saturated heterocycles. The first kappa shape index (κ1) is 14.4. The molecule has 0 aliphatic carbocycles. The smallest absolute Gasteiger partial charge is 0.127 e. The predicted molar refractivity (Wildman–Crippen MR) is 76.1 cm³/mol. The second-order valence-electron chi connectivity index (χ2n) is 4.21. The number of rotatable bonds is 3. The molecule has 0 saturated carbocycles. The fourth-order valence-electron chi connectivity index (χ4n) is 1.84. The van der Waals surface area contributed by atoms with Gasteiger partial charge in [-0.05, 0) is 41.8 Å². The zero-order valence-corrected chi connectivity index (χ0v) is 12.2. The quantitative estimate of drug-likeness (QED) is 0.862. The zero-order valence-electron chi connectivity index (χ0n) is 9.84. The number of benzene rings is 2. The molecule has 2 aromatic carbocycles. The van der Waals surface area contributed by atoms with Gasteiger partial charge in [0.05, 0.1) is 0 Å². The summed E-state index contributed by atoms with van der Waals surface area (Å²) in [5.74, 6) is -0.735.